The van der Waals surface area contributed by atoms with Crippen molar-refractivity contribution in [1.82, 2.24) is 20.5 Å². The highest BCUT2D eigenvalue weighted by molar-refractivity contribution is 7.16. The molecule has 0 aromatic carbocycles. The number of hydrogen-bond donors (Lipinski definition) is 2. The topological polar surface area (TPSA) is 91.4 Å². The molecule has 0 fully saturated rings. The highest BCUT2D eigenvalue weighted by atomic mass is 32.1. The minimum absolute atomic E-state index is 0.0612. The monoisotopic (exact) mass is 322 g/mol. The van der Waals surface area contributed by atoms with Crippen LogP contribution in [0.4, 0.5) is 0 Å². The van der Waals surface area contributed by atoms with Crippen LogP contribution in [0.3, 0.4) is 0 Å². The van der Waals surface area contributed by atoms with E-state index >= 15 is 0 Å². The lowest BCUT2D eigenvalue weighted by atomic mass is 10.0. The molecule has 0 atom stereocenters. The molecule has 2 N–H and O–H groups in total. The van der Waals surface area contributed by atoms with Crippen molar-refractivity contribution in [2.45, 2.75) is 6.92 Å². The fraction of sp³-hybridized carbons (Fsp3) is 0.429. The Morgan fingerprint density at radius 3 is 2.73 bits per heavy atom. The van der Waals surface area contributed by atoms with Gasteiger partial charge in [-0.05, 0) is 21.0 Å². The van der Waals surface area contributed by atoms with Crippen molar-refractivity contribution in [1.29, 1.82) is 0 Å². The second-order valence-electron chi connectivity index (χ2n) is 5.04. The van der Waals surface area contributed by atoms with Crippen molar-refractivity contribution in [3.8, 4) is 0 Å². The van der Waals surface area contributed by atoms with Gasteiger partial charge in [0.2, 0.25) is 5.78 Å². The summed E-state index contributed by atoms with van der Waals surface area (Å²) in [4.78, 5) is 42.4. The number of carbonyl (C=O) groups is 3. The number of amides is 1. The maximum absolute atomic E-state index is 12.3. The van der Waals surface area contributed by atoms with Crippen LogP contribution in [0.1, 0.15) is 36.9 Å². The van der Waals surface area contributed by atoms with Crippen LogP contribution >= 0.6 is 11.3 Å². The number of carbonyl (C=O) groups excluding carboxylic acids is 3. The van der Waals surface area contributed by atoms with Gasteiger partial charge in [-0.1, -0.05) is 0 Å². The second kappa shape index (κ2) is 6.80. The third-order valence-electron chi connectivity index (χ3n) is 2.99. The third-order valence-corrected chi connectivity index (χ3v) is 4.06. The Balaban J connectivity index is 2.18. The molecule has 1 aliphatic rings. The van der Waals surface area contributed by atoms with E-state index in [1.54, 1.807) is 6.92 Å². The minimum atomic E-state index is -0.371. The number of nitrogens with one attached hydrogen (secondary N) is 2. The molecule has 118 valence electrons. The molecule has 8 heteroatoms. The van der Waals surface area contributed by atoms with E-state index in [1.807, 2.05) is 19.0 Å². The minimum Gasteiger partial charge on any atom is -0.380 e. The van der Waals surface area contributed by atoms with E-state index in [-0.39, 0.29) is 38.7 Å². The predicted octanol–water partition coefficient (Wildman–Crippen LogP) is 0.307. The van der Waals surface area contributed by atoms with Gasteiger partial charge in [0.1, 0.15) is 10.6 Å². The van der Waals surface area contributed by atoms with Crippen LogP contribution in [0.25, 0.3) is 0 Å². The average molecular weight is 322 g/mol. The molecule has 1 heterocycles. The number of likely N-dealkylation sites (N-methyl/N-ethyl adjacent to an activating group) is 1. The molecule has 0 bridgehead atoms. The summed E-state index contributed by atoms with van der Waals surface area (Å²) in [6.07, 6.45) is 1.28. The molecule has 0 radical (unpaired) electrons. The number of fused-ring (bicyclic) bond motifs is 1. The Labute approximate surface area is 132 Å². The van der Waals surface area contributed by atoms with Crippen molar-refractivity contribution >= 4 is 28.8 Å². The highest BCUT2D eigenvalue weighted by Gasteiger charge is 2.31. The first-order valence-electron chi connectivity index (χ1n) is 6.92. The Morgan fingerprint density at radius 1 is 1.36 bits per heavy atom. The summed E-state index contributed by atoms with van der Waals surface area (Å²) in [7, 11) is 3.84. The standard InChI is InChI=1S/C14H18N4O3S/c1-4-15-13(21)14-17-10-11(20)8(16-5-6-18(2)3)7-9(19)12(10)22-14/h7,16H,4-6H2,1-3H3,(H,15,21). The van der Waals surface area contributed by atoms with Gasteiger partial charge in [-0.15, -0.1) is 11.3 Å². The van der Waals surface area contributed by atoms with Gasteiger partial charge in [0, 0.05) is 25.7 Å². The molecule has 2 rings (SSSR count). The zero-order chi connectivity index (χ0) is 16.3. The molecule has 0 saturated carbocycles. The van der Waals surface area contributed by atoms with Crippen LogP contribution in [0, 0.1) is 0 Å². The molecule has 1 aromatic rings. The summed E-state index contributed by atoms with van der Waals surface area (Å²) in [5, 5.41) is 5.69. The van der Waals surface area contributed by atoms with Gasteiger partial charge in [-0.3, -0.25) is 14.4 Å². The number of aromatic nitrogens is 1. The summed E-state index contributed by atoms with van der Waals surface area (Å²) in [6.45, 7) is 3.52. The number of rotatable bonds is 6. The van der Waals surface area contributed by atoms with Crippen LogP contribution in [0.2, 0.25) is 0 Å². The Morgan fingerprint density at radius 2 is 2.09 bits per heavy atom. The molecule has 0 unspecified atom stereocenters. The molecule has 22 heavy (non-hydrogen) atoms. The lowest BCUT2D eigenvalue weighted by molar-refractivity contribution is 0.0953. The SMILES string of the molecule is CCNC(=O)c1nc2c(s1)C(=O)C=C(NCCN(C)C)C2=O. The van der Waals surface area contributed by atoms with Crippen LogP contribution in [-0.4, -0.2) is 61.1 Å². The van der Waals surface area contributed by atoms with Gasteiger partial charge in [0.05, 0.1) is 5.70 Å². The molecular formula is C14H18N4O3S. The van der Waals surface area contributed by atoms with E-state index < -0.39 is 0 Å². The first kappa shape index (κ1) is 16.3. The molecule has 7 nitrogen and oxygen atoms in total. The van der Waals surface area contributed by atoms with Gasteiger partial charge >= 0.3 is 0 Å². The Bertz CT molecular complexity index is 649. The lowest BCUT2D eigenvalue weighted by Crippen LogP contribution is -2.31. The number of nitrogens with zero attached hydrogens (tertiary/aromatic N) is 2. The molecule has 0 aliphatic heterocycles. The molecule has 1 amide bonds. The fourth-order valence-corrected chi connectivity index (χ4v) is 2.80. The fourth-order valence-electron chi connectivity index (χ4n) is 1.91. The first-order chi connectivity index (χ1) is 10.4. The number of allylic oxidation sites excluding steroid dienone is 2. The maximum Gasteiger partial charge on any atom is 0.280 e. The molecular weight excluding hydrogens is 304 g/mol. The number of Topliss-reactive ketones (excluding diaryl/α,β-unsaturated/α-hetero) is 1. The van der Waals surface area contributed by atoms with Crippen molar-refractivity contribution < 1.29 is 14.4 Å². The molecule has 1 aromatic heterocycles. The zero-order valence-corrected chi connectivity index (χ0v) is 13.5. The zero-order valence-electron chi connectivity index (χ0n) is 12.7. The third kappa shape index (κ3) is 3.40. The van der Waals surface area contributed by atoms with Gasteiger partial charge < -0.3 is 15.5 Å². The molecule has 0 saturated heterocycles. The number of thiazole rings is 1. The van der Waals surface area contributed by atoms with E-state index in [0.717, 1.165) is 17.9 Å². The van der Waals surface area contributed by atoms with Crippen molar-refractivity contribution in [2.75, 3.05) is 33.7 Å². The van der Waals surface area contributed by atoms with Crippen LogP contribution < -0.4 is 10.6 Å². The van der Waals surface area contributed by atoms with Gasteiger partial charge in [0.25, 0.3) is 5.91 Å². The number of ketones is 2. The smallest absolute Gasteiger partial charge is 0.280 e. The summed E-state index contributed by atoms with van der Waals surface area (Å²) in [5.41, 5.74) is 0.290. The quantitative estimate of drug-likeness (QED) is 0.783. The highest BCUT2D eigenvalue weighted by Crippen LogP contribution is 2.25. The Hall–Kier alpha value is -2.06. The van der Waals surface area contributed by atoms with Crippen LogP contribution in [0.5, 0.6) is 0 Å². The molecule has 1 aliphatic carbocycles. The van der Waals surface area contributed by atoms with E-state index in [0.29, 0.717) is 13.1 Å². The van der Waals surface area contributed by atoms with Crippen LogP contribution in [-0.2, 0) is 0 Å². The summed E-state index contributed by atoms with van der Waals surface area (Å²) < 4.78 is 0. The van der Waals surface area contributed by atoms with E-state index in [2.05, 4.69) is 15.6 Å². The maximum atomic E-state index is 12.3. The predicted molar refractivity (Wildman–Crippen MR) is 83.4 cm³/mol. The van der Waals surface area contributed by atoms with Gasteiger partial charge in [0.15, 0.2) is 10.8 Å². The summed E-state index contributed by atoms with van der Waals surface area (Å²) in [5.74, 6) is -1.01. The second-order valence-corrected chi connectivity index (χ2v) is 6.04. The Kier molecular flexibility index (Phi) is 5.04. The van der Waals surface area contributed by atoms with Crippen molar-refractivity contribution in [2.24, 2.45) is 0 Å². The first-order valence-corrected chi connectivity index (χ1v) is 7.74. The largest absolute Gasteiger partial charge is 0.380 e. The van der Waals surface area contributed by atoms with Gasteiger partial charge in [-0.2, -0.15) is 0 Å². The summed E-state index contributed by atoms with van der Waals surface area (Å²) >= 11 is 0.952. The summed E-state index contributed by atoms with van der Waals surface area (Å²) in [6, 6.07) is 0. The van der Waals surface area contributed by atoms with Crippen molar-refractivity contribution in [3.05, 3.63) is 27.4 Å². The van der Waals surface area contributed by atoms with Gasteiger partial charge in [-0.25, -0.2) is 4.98 Å². The lowest BCUT2D eigenvalue weighted by Gasteiger charge is -2.15. The van der Waals surface area contributed by atoms with Crippen molar-refractivity contribution in [3.63, 3.8) is 0 Å². The van der Waals surface area contributed by atoms with E-state index in [4.69, 9.17) is 0 Å². The van der Waals surface area contributed by atoms with E-state index in [9.17, 15) is 14.4 Å². The van der Waals surface area contributed by atoms with Crippen LogP contribution in [0.15, 0.2) is 11.8 Å². The normalized spacial score (nSPS) is 13.9. The average Bonchev–Trinajstić information content (AvgIpc) is 2.90. The van der Waals surface area contributed by atoms with E-state index in [1.165, 1.54) is 6.08 Å². The molecule has 0 spiro atoms. The number of hydrogen-bond acceptors (Lipinski definition) is 7.